The summed E-state index contributed by atoms with van der Waals surface area (Å²) in [5.41, 5.74) is 0.895. The SMILES string of the molecule is O=C(O)c1oc2ccccc2c1CNCCCC(F)(F)F. The maximum absolute atomic E-state index is 12.0. The van der Waals surface area contributed by atoms with E-state index in [-0.39, 0.29) is 25.3 Å². The molecule has 0 unspecified atom stereocenters. The molecule has 0 saturated heterocycles. The van der Waals surface area contributed by atoms with Gasteiger partial charge in [0.25, 0.3) is 0 Å². The topological polar surface area (TPSA) is 62.5 Å². The molecule has 1 aromatic heterocycles. The summed E-state index contributed by atoms with van der Waals surface area (Å²) in [5, 5.41) is 12.6. The molecule has 0 aliphatic carbocycles. The zero-order chi connectivity index (χ0) is 15.5. The van der Waals surface area contributed by atoms with E-state index >= 15 is 0 Å². The lowest BCUT2D eigenvalue weighted by Gasteiger charge is -2.07. The average molecular weight is 301 g/mol. The predicted molar refractivity (Wildman–Crippen MR) is 70.2 cm³/mol. The Labute approximate surface area is 118 Å². The highest BCUT2D eigenvalue weighted by Gasteiger charge is 2.26. The van der Waals surface area contributed by atoms with Gasteiger partial charge < -0.3 is 14.8 Å². The van der Waals surface area contributed by atoms with Crippen LogP contribution >= 0.6 is 0 Å². The van der Waals surface area contributed by atoms with Crippen molar-refractivity contribution in [2.24, 2.45) is 0 Å². The summed E-state index contributed by atoms with van der Waals surface area (Å²) in [5.74, 6) is -1.38. The molecule has 21 heavy (non-hydrogen) atoms. The van der Waals surface area contributed by atoms with Crippen LogP contribution in [0, 0.1) is 0 Å². The van der Waals surface area contributed by atoms with E-state index in [0.29, 0.717) is 16.5 Å². The molecule has 0 spiro atoms. The molecule has 0 fully saturated rings. The van der Waals surface area contributed by atoms with Crippen LogP contribution in [-0.2, 0) is 6.54 Å². The van der Waals surface area contributed by atoms with Crippen molar-refractivity contribution in [1.29, 1.82) is 0 Å². The lowest BCUT2D eigenvalue weighted by molar-refractivity contribution is -0.135. The van der Waals surface area contributed by atoms with Gasteiger partial charge in [-0.3, -0.25) is 0 Å². The van der Waals surface area contributed by atoms with Gasteiger partial charge in [0.15, 0.2) is 0 Å². The van der Waals surface area contributed by atoms with Gasteiger partial charge in [-0.05, 0) is 19.0 Å². The van der Waals surface area contributed by atoms with Crippen molar-refractivity contribution in [3.05, 3.63) is 35.6 Å². The van der Waals surface area contributed by atoms with Gasteiger partial charge in [0.1, 0.15) is 5.58 Å². The minimum atomic E-state index is -4.17. The molecule has 0 radical (unpaired) electrons. The van der Waals surface area contributed by atoms with Crippen molar-refractivity contribution in [2.45, 2.75) is 25.6 Å². The largest absolute Gasteiger partial charge is 0.475 e. The minimum Gasteiger partial charge on any atom is -0.475 e. The third-order valence-corrected chi connectivity index (χ3v) is 3.01. The molecule has 1 aromatic carbocycles. The lowest BCUT2D eigenvalue weighted by atomic mass is 10.1. The first-order chi connectivity index (χ1) is 9.88. The Bertz CT molecular complexity index is 634. The standard InChI is InChI=1S/C14H14F3NO3/c15-14(16,17)6-3-7-18-8-10-9-4-1-2-5-11(9)21-12(10)13(19)20/h1-2,4-5,18H,3,6-8H2,(H,19,20). The molecule has 1 heterocycles. The van der Waals surface area contributed by atoms with Crippen molar-refractivity contribution in [3.63, 3.8) is 0 Å². The Morgan fingerprint density at radius 3 is 2.67 bits per heavy atom. The first-order valence-corrected chi connectivity index (χ1v) is 6.39. The van der Waals surface area contributed by atoms with Crippen LogP contribution in [0.1, 0.15) is 29.0 Å². The van der Waals surface area contributed by atoms with E-state index in [1.54, 1.807) is 24.3 Å². The van der Waals surface area contributed by atoms with E-state index in [1.165, 1.54) is 0 Å². The van der Waals surface area contributed by atoms with Gasteiger partial charge in [-0.1, -0.05) is 18.2 Å². The summed E-state index contributed by atoms with van der Waals surface area (Å²) in [6, 6.07) is 6.83. The zero-order valence-electron chi connectivity index (χ0n) is 11.0. The van der Waals surface area contributed by atoms with Gasteiger partial charge in [0, 0.05) is 23.9 Å². The average Bonchev–Trinajstić information content (AvgIpc) is 2.76. The smallest absolute Gasteiger partial charge is 0.389 e. The second-order valence-corrected chi connectivity index (χ2v) is 4.61. The van der Waals surface area contributed by atoms with E-state index in [4.69, 9.17) is 9.52 Å². The number of carboxylic acid groups (broad SMARTS) is 1. The summed E-state index contributed by atoms with van der Waals surface area (Å²) in [6.07, 6.45) is -5.09. The minimum absolute atomic E-state index is 0.0539. The third kappa shape index (κ3) is 3.98. The predicted octanol–water partition coefficient (Wildman–Crippen LogP) is 3.56. The maximum Gasteiger partial charge on any atom is 0.389 e. The number of rotatable bonds is 6. The highest BCUT2D eigenvalue weighted by Crippen LogP contribution is 2.26. The van der Waals surface area contributed by atoms with Crippen molar-refractivity contribution < 1.29 is 27.5 Å². The van der Waals surface area contributed by atoms with Gasteiger partial charge in [0.2, 0.25) is 5.76 Å². The van der Waals surface area contributed by atoms with Crippen LogP contribution in [0.4, 0.5) is 13.2 Å². The van der Waals surface area contributed by atoms with E-state index in [2.05, 4.69) is 5.32 Å². The molecule has 2 aromatic rings. The molecule has 2 rings (SSSR count). The number of halogens is 3. The molecule has 0 aliphatic heterocycles. The Balaban J connectivity index is 2.04. The fraction of sp³-hybridized carbons (Fsp3) is 0.357. The van der Waals surface area contributed by atoms with Crippen molar-refractivity contribution in [1.82, 2.24) is 5.32 Å². The van der Waals surface area contributed by atoms with Crippen LogP contribution in [0.2, 0.25) is 0 Å². The van der Waals surface area contributed by atoms with Crippen LogP contribution in [-0.4, -0.2) is 23.8 Å². The molecule has 0 aliphatic rings. The Kier molecular flexibility index (Phi) is 4.52. The number of carboxylic acids is 1. The molecule has 2 N–H and O–H groups in total. The molecule has 114 valence electrons. The van der Waals surface area contributed by atoms with Crippen molar-refractivity contribution in [2.75, 3.05) is 6.54 Å². The summed E-state index contributed by atoms with van der Waals surface area (Å²) in [7, 11) is 0. The summed E-state index contributed by atoms with van der Waals surface area (Å²) in [4.78, 5) is 11.1. The van der Waals surface area contributed by atoms with Crippen LogP contribution in [0.3, 0.4) is 0 Å². The zero-order valence-corrected chi connectivity index (χ0v) is 11.0. The second-order valence-electron chi connectivity index (χ2n) is 4.61. The molecule has 0 saturated carbocycles. The van der Waals surface area contributed by atoms with E-state index < -0.39 is 18.6 Å². The maximum atomic E-state index is 12.0. The number of benzene rings is 1. The number of fused-ring (bicyclic) bond motifs is 1. The Morgan fingerprint density at radius 2 is 2.00 bits per heavy atom. The van der Waals surface area contributed by atoms with Gasteiger partial charge in [0.05, 0.1) is 0 Å². The summed E-state index contributed by atoms with van der Waals surface area (Å²) < 4.78 is 41.3. The van der Waals surface area contributed by atoms with E-state index in [0.717, 1.165) is 0 Å². The molecular formula is C14H14F3NO3. The van der Waals surface area contributed by atoms with Gasteiger partial charge in [-0.2, -0.15) is 13.2 Å². The number of hydrogen-bond acceptors (Lipinski definition) is 3. The first-order valence-electron chi connectivity index (χ1n) is 6.39. The first kappa shape index (κ1) is 15.4. The van der Waals surface area contributed by atoms with Crippen LogP contribution in [0.15, 0.2) is 28.7 Å². The fourth-order valence-corrected chi connectivity index (χ4v) is 2.07. The lowest BCUT2D eigenvalue weighted by Crippen LogP contribution is -2.18. The van der Waals surface area contributed by atoms with Gasteiger partial charge >= 0.3 is 12.1 Å². The number of aromatic carboxylic acids is 1. The van der Waals surface area contributed by atoms with E-state index in [9.17, 15) is 18.0 Å². The third-order valence-electron chi connectivity index (χ3n) is 3.01. The van der Waals surface area contributed by atoms with Crippen molar-refractivity contribution in [3.8, 4) is 0 Å². The number of hydrogen-bond donors (Lipinski definition) is 2. The van der Waals surface area contributed by atoms with Gasteiger partial charge in [-0.15, -0.1) is 0 Å². The Hall–Kier alpha value is -2.02. The highest BCUT2D eigenvalue weighted by molar-refractivity contribution is 5.95. The number of alkyl halides is 3. The quantitative estimate of drug-likeness (QED) is 0.801. The molecule has 0 amide bonds. The van der Waals surface area contributed by atoms with Crippen LogP contribution in [0.5, 0.6) is 0 Å². The Morgan fingerprint density at radius 1 is 1.29 bits per heavy atom. The van der Waals surface area contributed by atoms with Gasteiger partial charge in [-0.25, -0.2) is 4.79 Å². The molecule has 0 atom stereocenters. The number of carbonyl (C=O) groups is 1. The van der Waals surface area contributed by atoms with Crippen molar-refractivity contribution >= 4 is 16.9 Å². The molecule has 7 heteroatoms. The fourth-order valence-electron chi connectivity index (χ4n) is 2.07. The van der Waals surface area contributed by atoms with E-state index in [1.807, 2.05) is 0 Å². The second kappa shape index (κ2) is 6.17. The van der Waals surface area contributed by atoms with Crippen LogP contribution in [0.25, 0.3) is 11.0 Å². The molecular weight excluding hydrogens is 287 g/mol. The monoisotopic (exact) mass is 301 g/mol. The normalized spacial score (nSPS) is 12.0. The highest BCUT2D eigenvalue weighted by atomic mass is 19.4. The number of furan rings is 1. The number of para-hydroxylation sites is 1. The number of nitrogens with one attached hydrogen (secondary N) is 1. The summed E-state index contributed by atoms with van der Waals surface area (Å²) >= 11 is 0. The summed E-state index contributed by atoms with van der Waals surface area (Å²) in [6.45, 7) is 0.300. The van der Waals surface area contributed by atoms with Crippen LogP contribution < -0.4 is 5.32 Å². The molecule has 4 nitrogen and oxygen atoms in total. The molecule has 0 bridgehead atoms.